The zero-order chi connectivity index (χ0) is 17.8. The number of aryl methyl sites for hydroxylation is 1. The topological polar surface area (TPSA) is 57.0 Å². The summed E-state index contributed by atoms with van der Waals surface area (Å²) >= 11 is 0. The molecule has 1 unspecified atom stereocenters. The van der Waals surface area contributed by atoms with Gasteiger partial charge in [-0.05, 0) is 31.5 Å². The van der Waals surface area contributed by atoms with Crippen LogP contribution in [0.2, 0.25) is 0 Å². The van der Waals surface area contributed by atoms with Crippen molar-refractivity contribution in [2.45, 2.75) is 32.9 Å². The summed E-state index contributed by atoms with van der Waals surface area (Å²) in [6, 6.07) is 5.61. The summed E-state index contributed by atoms with van der Waals surface area (Å²) in [5.41, 5.74) is 1.75. The fourth-order valence-corrected chi connectivity index (χ4v) is 3.05. The van der Waals surface area contributed by atoms with Crippen molar-refractivity contribution in [1.82, 2.24) is 9.88 Å². The number of hydrogen-bond donors (Lipinski definition) is 0. The van der Waals surface area contributed by atoms with E-state index in [4.69, 9.17) is 23.6 Å². The van der Waals surface area contributed by atoms with Gasteiger partial charge in [0.2, 0.25) is 5.89 Å². The number of morpholine rings is 1. The Hall–Kier alpha value is -2.05. The molecule has 25 heavy (non-hydrogen) atoms. The maximum absolute atomic E-state index is 5.93. The fourth-order valence-electron chi connectivity index (χ4n) is 3.05. The fraction of sp³-hybridized carbons (Fsp3) is 0.526. The van der Waals surface area contributed by atoms with Crippen LogP contribution in [0.15, 0.2) is 22.6 Å². The molecule has 1 saturated heterocycles. The van der Waals surface area contributed by atoms with Gasteiger partial charge in [0.1, 0.15) is 17.3 Å². The van der Waals surface area contributed by atoms with Crippen molar-refractivity contribution in [3.63, 3.8) is 0 Å². The van der Waals surface area contributed by atoms with E-state index in [1.807, 2.05) is 25.1 Å². The van der Waals surface area contributed by atoms with Crippen LogP contribution < -0.4 is 9.47 Å². The lowest BCUT2D eigenvalue weighted by molar-refractivity contribution is -0.0328. The highest BCUT2D eigenvalue weighted by Gasteiger charge is 2.22. The normalized spacial score (nSPS) is 18.3. The molecule has 136 valence electrons. The minimum absolute atomic E-state index is 0.305. The monoisotopic (exact) mass is 346 g/mol. The second-order valence-corrected chi connectivity index (χ2v) is 6.22. The molecule has 0 spiro atoms. The molecule has 0 N–H and O–H groups in total. The molecule has 0 aliphatic carbocycles. The highest BCUT2D eigenvalue weighted by Crippen LogP contribution is 2.34. The minimum atomic E-state index is 0.305. The first kappa shape index (κ1) is 17.8. The second kappa shape index (κ2) is 7.89. The van der Waals surface area contributed by atoms with E-state index >= 15 is 0 Å². The Morgan fingerprint density at radius 2 is 2.12 bits per heavy atom. The molecule has 0 bridgehead atoms. The molecular weight excluding hydrogens is 320 g/mol. The predicted molar refractivity (Wildman–Crippen MR) is 95.1 cm³/mol. The van der Waals surface area contributed by atoms with Gasteiger partial charge in [0.05, 0.1) is 38.2 Å². The number of ether oxygens (including phenoxy) is 3. The average Bonchev–Trinajstić information content (AvgIpc) is 3.01. The number of oxazole rings is 1. The Morgan fingerprint density at radius 1 is 1.28 bits per heavy atom. The molecule has 1 aliphatic rings. The van der Waals surface area contributed by atoms with Crippen LogP contribution in [-0.2, 0) is 11.3 Å². The third kappa shape index (κ3) is 3.96. The maximum Gasteiger partial charge on any atom is 0.230 e. The van der Waals surface area contributed by atoms with Gasteiger partial charge in [0, 0.05) is 19.6 Å². The van der Waals surface area contributed by atoms with Crippen LogP contribution in [0.3, 0.4) is 0 Å². The van der Waals surface area contributed by atoms with Gasteiger partial charge in [-0.2, -0.15) is 0 Å². The minimum Gasteiger partial charge on any atom is -0.497 e. The van der Waals surface area contributed by atoms with Crippen LogP contribution in [0.25, 0.3) is 11.5 Å². The predicted octanol–water partition coefficient (Wildman–Crippen LogP) is 3.28. The summed E-state index contributed by atoms with van der Waals surface area (Å²) in [5, 5.41) is 0. The molecule has 1 fully saturated rings. The number of hydrogen-bond acceptors (Lipinski definition) is 6. The zero-order valence-electron chi connectivity index (χ0n) is 15.4. The van der Waals surface area contributed by atoms with Crippen LogP contribution in [0.1, 0.15) is 24.8 Å². The van der Waals surface area contributed by atoms with E-state index in [2.05, 4.69) is 11.8 Å². The van der Waals surface area contributed by atoms with E-state index in [1.165, 1.54) is 0 Å². The SMILES string of the molecule is CCC1CN(Cc2nc(-c3cc(OC)ccc3OC)oc2C)CCO1. The third-order valence-electron chi connectivity index (χ3n) is 4.58. The molecule has 2 aromatic rings. The molecule has 0 saturated carbocycles. The first-order valence-electron chi connectivity index (χ1n) is 8.67. The van der Waals surface area contributed by atoms with Gasteiger partial charge in [-0.3, -0.25) is 4.90 Å². The van der Waals surface area contributed by atoms with Gasteiger partial charge in [-0.15, -0.1) is 0 Å². The Bertz CT molecular complexity index is 713. The summed E-state index contributed by atoms with van der Waals surface area (Å²) in [5.74, 6) is 2.85. The van der Waals surface area contributed by atoms with Gasteiger partial charge in [-0.25, -0.2) is 4.98 Å². The molecule has 0 amide bonds. The van der Waals surface area contributed by atoms with Crippen molar-refractivity contribution in [3.05, 3.63) is 29.7 Å². The van der Waals surface area contributed by atoms with Crippen molar-refractivity contribution < 1.29 is 18.6 Å². The quantitative estimate of drug-likeness (QED) is 0.800. The van der Waals surface area contributed by atoms with Crippen LogP contribution >= 0.6 is 0 Å². The summed E-state index contributed by atoms with van der Waals surface area (Å²) in [6.07, 6.45) is 1.33. The molecule has 0 radical (unpaired) electrons. The molecule has 1 atom stereocenters. The lowest BCUT2D eigenvalue weighted by atomic mass is 10.2. The van der Waals surface area contributed by atoms with Gasteiger partial charge in [0.25, 0.3) is 0 Å². The molecule has 1 aromatic heterocycles. The number of aromatic nitrogens is 1. The van der Waals surface area contributed by atoms with E-state index in [0.717, 1.165) is 55.4 Å². The Labute approximate surface area is 148 Å². The molecule has 6 nitrogen and oxygen atoms in total. The summed E-state index contributed by atoms with van der Waals surface area (Å²) in [6.45, 7) is 7.49. The zero-order valence-corrected chi connectivity index (χ0v) is 15.4. The molecule has 3 rings (SSSR count). The lowest BCUT2D eigenvalue weighted by Gasteiger charge is -2.31. The van der Waals surface area contributed by atoms with E-state index in [-0.39, 0.29) is 0 Å². The summed E-state index contributed by atoms with van der Waals surface area (Å²) < 4.78 is 22.4. The van der Waals surface area contributed by atoms with Crippen LogP contribution in [0, 0.1) is 6.92 Å². The van der Waals surface area contributed by atoms with E-state index in [1.54, 1.807) is 14.2 Å². The molecule has 6 heteroatoms. The third-order valence-corrected chi connectivity index (χ3v) is 4.58. The first-order valence-corrected chi connectivity index (χ1v) is 8.67. The van der Waals surface area contributed by atoms with E-state index in [9.17, 15) is 0 Å². The van der Waals surface area contributed by atoms with Crippen molar-refractivity contribution >= 4 is 0 Å². The highest BCUT2D eigenvalue weighted by atomic mass is 16.5. The Kier molecular flexibility index (Phi) is 5.60. The number of benzene rings is 1. The molecule has 1 aromatic carbocycles. The van der Waals surface area contributed by atoms with Crippen molar-refractivity contribution in [3.8, 4) is 23.0 Å². The molecule has 1 aliphatic heterocycles. The summed E-state index contributed by atoms with van der Waals surface area (Å²) in [7, 11) is 3.28. The van der Waals surface area contributed by atoms with E-state index < -0.39 is 0 Å². The molecule has 2 heterocycles. The maximum atomic E-state index is 5.93. The van der Waals surface area contributed by atoms with Crippen LogP contribution in [0.4, 0.5) is 0 Å². The lowest BCUT2D eigenvalue weighted by Crippen LogP contribution is -2.41. The number of nitrogens with zero attached hydrogens (tertiary/aromatic N) is 2. The van der Waals surface area contributed by atoms with Gasteiger partial charge in [0.15, 0.2) is 0 Å². The molecular formula is C19H26N2O4. The van der Waals surface area contributed by atoms with Crippen LogP contribution in [-0.4, -0.2) is 49.9 Å². The van der Waals surface area contributed by atoms with E-state index in [0.29, 0.717) is 17.7 Å². The highest BCUT2D eigenvalue weighted by molar-refractivity contribution is 5.65. The van der Waals surface area contributed by atoms with Crippen molar-refractivity contribution in [2.24, 2.45) is 0 Å². The van der Waals surface area contributed by atoms with Gasteiger partial charge in [-0.1, -0.05) is 6.92 Å². The number of rotatable bonds is 6. The average molecular weight is 346 g/mol. The van der Waals surface area contributed by atoms with Crippen molar-refractivity contribution in [2.75, 3.05) is 33.9 Å². The van der Waals surface area contributed by atoms with Crippen LogP contribution in [0.5, 0.6) is 11.5 Å². The Balaban J connectivity index is 1.83. The summed E-state index contributed by atoms with van der Waals surface area (Å²) in [4.78, 5) is 7.09. The van der Waals surface area contributed by atoms with Gasteiger partial charge >= 0.3 is 0 Å². The van der Waals surface area contributed by atoms with Gasteiger partial charge < -0.3 is 18.6 Å². The largest absolute Gasteiger partial charge is 0.497 e. The smallest absolute Gasteiger partial charge is 0.230 e. The van der Waals surface area contributed by atoms with Crippen molar-refractivity contribution in [1.29, 1.82) is 0 Å². The number of methoxy groups -OCH3 is 2. The standard InChI is InChI=1S/C19H26N2O4/c1-5-14-11-21(8-9-24-14)12-17-13(2)25-19(20-17)16-10-15(22-3)6-7-18(16)23-4/h6-7,10,14H,5,8-9,11-12H2,1-4H3. The Morgan fingerprint density at radius 3 is 2.84 bits per heavy atom. The second-order valence-electron chi connectivity index (χ2n) is 6.22. The first-order chi connectivity index (χ1) is 12.1.